The summed E-state index contributed by atoms with van der Waals surface area (Å²) in [5, 5.41) is 0. The van der Waals surface area contributed by atoms with Crippen LogP contribution in [0.3, 0.4) is 0 Å². The lowest BCUT2D eigenvalue weighted by atomic mass is 9.92. The molecule has 21 heavy (non-hydrogen) atoms. The highest BCUT2D eigenvalue weighted by Crippen LogP contribution is 2.34. The molecule has 0 aliphatic heterocycles. The number of carbonyl (C=O) groups excluding carboxylic acids is 1. The molecule has 0 fully saturated rings. The average Bonchev–Trinajstić information content (AvgIpc) is 2.45. The van der Waals surface area contributed by atoms with Crippen molar-refractivity contribution in [2.45, 2.75) is 19.5 Å². The van der Waals surface area contributed by atoms with Crippen molar-refractivity contribution in [3.05, 3.63) is 59.2 Å². The first-order chi connectivity index (χ1) is 9.84. The number of primary amides is 1. The number of hydrogen-bond acceptors (Lipinski definition) is 1. The summed E-state index contributed by atoms with van der Waals surface area (Å²) >= 11 is 0. The van der Waals surface area contributed by atoms with Crippen LogP contribution in [0.2, 0.25) is 0 Å². The molecular weight excluding hydrogens is 279 g/mol. The molecule has 2 N–H and O–H groups in total. The molecule has 0 radical (unpaired) electrons. The second-order valence-corrected chi connectivity index (χ2v) is 4.63. The zero-order valence-electron chi connectivity index (χ0n) is 11.4. The molecule has 0 aromatic heterocycles. The monoisotopic (exact) mass is 293 g/mol. The Balaban J connectivity index is 2.67. The fraction of sp³-hybridized carbons (Fsp3) is 0.188. The Kier molecular flexibility index (Phi) is 4.02. The van der Waals surface area contributed by atoms with E-state index in [4.69, 9.17) is 5.73 Å². The Morgan fingerprint density at radius 2 is 1.76 bits per heavy atom. The lowest BCUT2D eigenvalue weighted by Gasteiger charge is -2.14. The Hall–Kier alpha value is -2.30. The van der Waals surface area contributed by atoms with Crippen LogP contribution in [0, 0.1) is 0 Å². The van der Waals surface area contributed by atoms with Gasteiger partial charge in [-0.1, -0.05) is 37.3 Å². The average molecular weight is 293 g/mol. The summed E-state index contributed by atoms with van der Waals surface area (Å²) in [6.45, 7) is 1.94. The van der Waals surface area contributed by atoms with E-state index in [1.807, 2.05) is 19.1 Å². The number of amides is 1. The molecule has 110 valence electrons. The fourth-order valence-corrected chi connectivity index (χ4v) is 2.25. The van der Waals surface area contributed by atoms with Crippen molar-refractivity contribution in [2.75, 3.05) is 0 Å². The molecule has 0 aliphatic carbocycles. The molecular formula is C16H14F3NO. The van der Waals surface area contributed by atoms with E-state index in [0.29, 0.717) is 12.0 Å². The number of halogens is 3. The number of nitrogens with two attached hydrogens (primary N) is 1. The van der Waals surface area contributed by atoms with E-state index in [0.717, 1.165) is 23.3 Å². The van der Waals surface area contributed by atoms with E-state index >= 15 is 0 Å². The number of aryl methyl sites for hydroxylation is 1. The zero-order valence-corrected chi connectivity index (χ0v) is 11.4. The molecule has 0 heterocycles. The molecule has 0 unspecified atom stereocenters. The summed E-state index contributed by atoms with van der Waals surface area (Å²) in [6.07, 6.45) is -3.80. The van der Waals surface area contributed by atoms with Crippen LogP contribution in [0.4, 0.5) is 13.2 Å². The molecule has 2 nitrogen and oxygen atoms in total. The first kappa shape index (κ1) is 15.1. The van der Waals surface area contributed by atoms with Crippen LogP contribution in [0.15, 0.2) is 42.5 Å². The van der Waals surface area contributed by atoms with Crippen molar-refractivity contribution < 1.29 is 18.0 Å². The number of hydrogen-bond donors (Lipinski definition) is 1. The quantitative estimate of drug-likeness (QED) is 0.912. The highest BCUT2D eigenvalue weighted by atomic mass is 19.4. The predicted octanol–water partition coefficient (Wildman–Crippen LogP) is 4.03. The standard InChI is InChI=1S/C16H14F3NO/c1-2-10-5-3-4-6-12(10)13-8-7-11(16(17,18)19)9-14(13)15(20)21/h3-9H,2H2,1H3,(H2,20,21). The van der Waals surface area contributed by atoms with Gasteiger partial charge in [0.2, 0.25) is 5.91 Å². The molecule has 0 bridgehead atoms. The van der Waals surface area contributed by atoms with Crippen LogP contribution < -0.4 is 5.73 Å². The van der Waals surface area contributed by atoms with E-state index in [1.165, 1.54) is 6.07 Å². The summed E-state index contributed by atoms with van der Waals surface area (Å²) in [7, 11) is 0. The van der Waals surface area contributed by atoms with Crippen molar-refractivity contribution >= 4 is 5.91 Å². The SMILES string of the molecule is CCc1ccccc1-c1ccc(C(F)(F)F)cc1C(N)=O. The summed E-state index contributed by atoms with van der Waals surface area (Å²) in [4.78, 5) is 11.5. The second kappa shape index (κ2) is 5.60. The predicted molar refractivity (Wildman–Crippen MR) is 74.8 cm³/mol. The smallest absolute Gasteiger partial charge is 0.366 e. The van der Waals surface area contributed by atoms with Crippen LogP contribution in [-0.4, -0.2) is 5.91 Å². The van der Waals surface area contributed by atoms with Gasteiger partial charge in [-0.15, -0.1) is 0 Å². The number of alkyl halides is 3. The minimum atomic E-state index is -4.51. The molecule has 5 heteroatoms. The third kappa shape index (κ3) is 3.07. The van der Waals surface area contributed by atoms with Gasteiger partial charge in [-0.25, -0.2) is 0 Å². The van der Waals surface area contributed by atoms with Gasteiger partial charge in [0.15, 0.2) is 0 Å². The van der Waals surface area contributed by atoms with Gasteiger partial charge in [0.25, 0.3) is 0 Å². The summed E-state index contributed by atoms with van der Waals surface area (Å²) in [5.74, 6) is -0.873. The molecule has 0 saturated carbocycles. The van der Waals surface area contributed by atoms with Gasteiger partial charge in [0.1, 0.15) is 0 Å². The Morgan fingerprint density at radius 3 is 2.33 bits per heavy atom. The molecule has 0 aliphatic rings. The molecule has 0 spiro atoms. The number of rotatable bonds is 3. The van der Waals surface area contributed by atoms with E-state index in [1.54, 1.807) is 12.1 Å². The van der Waals surface area contributed by atoms with Crippen molar-refractivity contribution in [3.8, 4) is 11.1 Å². The largest absolute Gasteiger partial charge is 0.416 e. The maximum Gasteiger partial charge on any atom is 0.416 e. The van der Waals surface area contributed by atoms with Crippen LogP contribution in [-0.2, 0) is 12.6 Å². The molecule has 0 atom stereocenters. The van der Waals surface area contributed by atoms with E-state index < -0.39 is 17.6 Å². The Labute approximate surface area is 120 Å². The van der Waals surface area contributed by atoms with E-state index in [2.05, 4.69) is 0 Å². The van der Waals surface area contributed by atoms with Crippen molar-refractivity contribution in [3.63, 3.8) is 0 Å². The minimum Gasteiger partial charge on any atom is -0.366 e. The summed E-state index contributed by atoms with van der Waals surface area (Å²) < 4.78 is 38.3. The molecule has 0 saturated heterocycles. The molecule has 1 amide bonds. The normalized spacial score (nSPS) is 11.4. The van der Waals surface area contributed by atoms with Gasteiger partial charge >= 0.3 is 6.18 Å². The molecule has 2 aromatic carbocycles. The maximum absolute atomic E-state index is 12.8. The molecule has 2 rings (SSSR count). The highest BCUT2D eigenvalue weighted by molar-refractivity contribution is 6.00. The van der Waals surface area contributed by atoms with Gasteiger partial charge in [-0.05, 0) is 35.2 Å². The van der Waals surface area contributed by atoms with Crippen LogP contribution >= 0.6 is 0 Å². The Bertz CT molecular complexity index is 677. The first-order valence-corrected chi connectivity index (χ1v) is 6.44. The van der Waals surface area contributed by atoms with Gasteiger partial charge in [0.05, 0.1) is 5.56 Å². The maximum atomic E-state index is 12.8. The van der Waals surface area contributed by atoms with Gasteiger partial charge < -0.3 is 5.73 Å². The third-order valence-corrected chi connectivity index (χ3v) is 3.30. The topological polar surface area (TPSA) is 43.1 Å². The highest BCUT2D eigenvalue weighted by Gasteiger charge is 2.31. The summed E-state index contributed by atoms with van der Waals surface area (Å²) in [6, 6.07) is 10.3. The zero-order chi connectivity index (χ0) is 15.6. The van der Waals surface area contributed by atoms with Crippen molar-refractivity contribution in [1.29, 1.82) is 0 Å². The van der Waals surface area contributed by atoms with Gasteiger partial charge in [0, 0.05) is 5.56 Å². The van der Waals surface area contributed by atoms with Gasteiger partial charge in [-0.3, -0.25) is 4.79 Å². The van der Waals surface area contributed by atoms with E-state index in [-0.39, 0.29) is 5.56 Å². The lowest BCUT2D eigenvalue weighted by molar-refractivity contribution is -0.137. The van der Waals surface area contributed by atoms with Crippen molar-refractivity contribution in [2.24, 2.45) is 5.73 Å². The Morgan fingerprint density at radius 1 is 1.10 bits per heavy atom. The lowest BCUT2D eigenvalue weighted by Crippen LogP contribution is -2.15. The minimum absolute atomic E-state index is 0.120. The number of benzene rings is 2. The summed E-state index contributed by atoms with van der Waals surface area (Å²) in [5.41, 5.74) is 6.34. The fourth-order valence-electron chi connectivity index (χ4n) is 2.25. The van der Waals surface area contributed by atoms with Crippen LogP contribution in [0.5, 0.6) is 0 Å². The third-order valence-electron chi connectivity index (χ3n) is 3.30. The van der Waals surface area contributed by atoms with Crippen LogP contribution in [0.1, 0.15) is 28.4 Å². The number of carbonyl (C=O) groups is 1. The van der Waals surface area contributed by atoms with Crippen molar-refractivity contribution in [1.82, 2.24) is 0 Å². The second-order valence-electron chi connectivity index (χ2n) is 4.63. The molecule has 2 aromatic rings. The van der Waals surface area contributed by atoms with E-state index in [9.17, 15) is 18.0 Å². The first-order valence-electron chi connectivity index (χ1n) is 6.44. The van der Waals surface area contributed by atoms with Gasteiger partial charge in [-0.2, -0.15) is 13.2 Å². The van der Waals surface area contributed by atoms with Crippen LogP contribution in [0.25, 0.3) is 11.1 Å².